The van der Waals surface area contributed by atoms with Gasteiger partial charge in [0.1, 0.15) is 22.2 Å². The average molecular weight is 326 g/mol. The third-order valence-electron chi connectivity index (χ3n) is 3.02. The number of carbonyl (C=O) groups is 1. The summed E-state index contributed by atoms with van der Waals surface area (Å²) in [6.45, 7) is 1.98. The number of benzene rings is 1. The molecule has 1 aromatic carbocycles. The van der Waals surface area contributed by atoms with Crippen molar-refractivity contribution in [2.75, 3.05) is 7.05 Å². The molecule has 22 heavy (non-hydrogen) atoms. The highest BCUT2D eigenvalue weighted by Gasteiger charge is 2.20. The molecule has 0 aliphatic carbocycles. The van der Waals surface area contributed by atoms with E-state index in [-0.39, 0.29) is 12.1 Å². The van der Waals surface area contributed by atoms with E-state index in [0.29, 0.717) is 11.5 Å². The molecule has 2 aromatic rings. The lowest BCUT2D eigenvalue weighted by Gasteiger charge is -2.16. The van der Waals surface area contributed by atoms with Crippen LogP contribution in [0.5, 0.6) is 0 Å². The zero-order valence-electron chi connectivity index (χ0n) is 12.0. The Morgan fingerprint density at radius 3 is 2.55 bits per heavy atom. The molecule has 0 atom stereocenters. The molecule has 6 nitrogen and oxygen atoms in total. The van der Waals surface area contributed by atoms with Gasteiger partial charge < -0.3 is 9.32 Å². The minimum Gasteiger partial charge on any atom is -0.464 e. The summed E-state index contributed by atoms with van der Waals surface area (Å²) in [4.78, 5) is 12.9. The number of hydrogen-bond acceptors (Lipinski definition) is 4. The van der Waals surface area contributed by atoms with Crippen molar-refractivity contribution in [2.45, 2.75) is 18.4 Å². The molecule has 0 unspecified atom stereocenters. The third kappa shape index (κ3) is 3.52. The van der Waals surface area contributed by atoms with Crippen molar-refractivity contribution in [3.63, 3.8) is 0 Å². The lowest BCUT2D eigenvalue weighted by molar-refractivity contribution is 0.0774. The molecule has 0 aliphatic heterocycles. The van der Waals surface area contributed by atoms with Crippen LogP contribution in [0.1, 0.15) is 21.9 Å². The van der Waals surface area contributed by atoms with Crippen molar-refractivity contribution in [2.24, 2.45) is 5.14 Å². The second kappa shape index (κ2) is 5.90. The summed E-state index contributed by atoms with van der Waals surface area (Å²) in [6, 6.07) is 6.54. The SMILES string of the molecule is Cc1ccc(CN(C)C(=O)c2ccc(F)c(S(N)(=O)=O)c2)o1. The van der Waals surface area contributed by atoms with Gasteiger partial charge in [0.25, 0.3) is 5.91 Å². The maximum atomic E-state index is 13.5. The van der Waals surface area contributed by atoms with Gasteiger partial charge in [-0.05, 0) is 37.3 Å². The Balaban J connectivity index is 2.25. The molecule has 1 heterocycles. The van der Waals surface area contributed by atoms with Gasteiger partial charge in [-0.2, -0.15) is 0 Å². The van der Waals surface area contributed by atoms with Crippen LogP contribution in [-0.4, -0.2) is 26.3 Å². The number of aryl methyl sites for hydroxylation is 1. The number of primary sulfonamides is 1. The van der Waals surface area contributed by atoms with Gasteiger partial charge in [-0.15, -0.1) is 0 Å². The lowest BCUT2D eigenvalue weighted by atomic mass is 10.2. The Morgan fingerprint density at radius 1 is 1.32 bits per heavy atom. The molecule has 2 N–H and O–H groups in total. The molecule has 0 aliphatic rings. The van der Waals surface area contributed by atoms with Crippen LogP contribution in [0.25, 0.3) is 0 Å². The van der Waals surface area contributed by atoms with Crippen LogP contribution >= 0.6 is 0 Å². The number of hydrogen-bond donors (Lipinski definition) is 1. The van der Waals surface area contributed by atoms with Crippen molar-refractivity contribution in [1.29, 1.82) is 0 Å². The fourth-order valence-electron chi connectivity index (χ4n) is 1.95. The first-order valence-electron chi connectivity index (χ1n) is 6.31. The summed E-state index contributed by atoms with van der Waals surface area (Å²) >= 11 is 0. The number of carbonyl (C=O) groups excluding carboxylic acids is 1. The zero-order valence-corrected chi connectivity index (χ0v) is 12.9. The van der Waals surface area contributed by atoms with Crippen molar-refractivity contribution < 1.29 is 22.0 Å². The molecule has 1 aromatic heterocycles. The quantitative estimate of drug-likeness (QED) is 0.924. The molecule has 118 valence electrons. The molecular weight excluding hydrogens is 311 g/mol. The number of halogens is 1. The number of nitrogens with two attached hydrogens (primary N) is 1. The standard InChI is InChI=1S/C14H15FN2O4S/c1-9-3-5-11(21-9)8-17(2)14(18)10-4-6-12(15)13(7-10)22(16,19)20/h3-7H,8H2,1-2H3,(H2,16,19,20). The molecule has 1 amide bonds. The van der Waals surface area contributed by atoms with Crippen LogP contribution in [0, 0.1) is 12.7 Å². The van der Waals surface area contributed by atoms with Crippen LogP contribution in [0.3, 0.4) is 0 Å². The summed E-state index contributed by atoms with van der Waals surface area (Å²) in [5.41, 5.74) is 0.0243. The van der Waals surface area contributed by atoms with Gasteiger partial charge in [0, 0.05) is 12.6 Å². The molecule has 0 bridgehead atoms. The number of sulfonamides is 1. The number of nitrogens with zero attached hydrogens (tertiary/aromatic N) is 1. The summed E-state index contributed by atoms with van der Waals surface area (Å²) in [7, 11) is -2.71. The van der Waals surface area contributed by atoms with Gasteiger partial charge in [0.15, 0.2) is 0 Å². The molecule has 0 saturated heterocycles. The number of furan rings is 1. The Kier molecular flexibility index (Phi) is 4.34. The summed E-state index contributed by atoms with van der Waals surface area (Å²) in [5, 5.41) is 4.92. The van der Waals surface area contributed by atoms with E-state index in [1.165, 1.54) is 18.0 Å². The lowest BCUT2D eigenvalue weighted by Crippen LogP contribution is -2.26. The number of amides is 1. The Bertz CT molecular complexity index is 814. The van der Waals surface area contributed by atoms with E-state index in [0.717, 1.165) is 12.1 Å². The first-order chi connectivity index (χ1) is 10.2. The molecule has 8 heteroatoms. The van der Waals surface area contributed by atoms with Crippen molar-refractivity contribution in [3.05, 3.63) is 53.2 Å². The van der Waals surface area contributed by atoms with Crippen LogP contribution < -0.4 is 5.14 Å². The highest BCUT2D eigenvalue weighted by atomic mass is 32.2. The first-order valence-corrected chi connectivity index (χ1v) is 7.86. The highest BCUT2D eigenvalue weighted by molar-refractivity contribution is 7.89. The van der Waals surface area contributed by atoms with Gasteiger partial charge in [-0.1, -0.05) is 0 Å². The minimum atomic E-state index is -4.24. The van der Waals surface area contributed by atoms with Crippen molar-refractivity contribution in [1.82, 2.24) is 4.90 Å². The van der Waals surface area contributed by atoms with E-state index in [1.807, 2.05) is 0 Å². The van der Waals surface area contributed by atoms with Gasteiger partial charge in [-0.25, -0.2) is 17.9 Å². The molecule has 2 rings (SSSR count). The maximum absolute atomic E-state index is 13.5. The van der Waals surface area contributed by atoms with Gasteiger partial charge in [-0.3, -0.25) is 4.79 Å². The summed E-state index contributed by atoms with van der Waals surface area (Å²) in [5.74, 6) is -0.168. The zero-order chi connectivity index (χ0) is 16.5. The predicted octanol–water partition coefficient (Wildman–Crippen LogP) is 1.65. The first kappa shape index (κ1) is 16.2. The number of rotatable bonds is 4. The fraction of sp³-hybridized carbons (Fsp3) is 0.214. The molecule has 0 fully saturated rings. The molecule has 0 radical (unpaired) electrons. The van der Waals surface area contributed by atoms with E-state index < -0.39 is 26.6 Å². The van der Waals surface area contributed by atoms with Gasteiger partial charge >= 0.3 is 0 Å². The third-order valence-corrected chi connectivity index (χ3v) is 3.95. The maximum Gasteiger partial charge on any atom is 0.254 e. The Hall–Kier alpha value is -2.19. The minimum absolute atomic E-state index is 0.0243. The topological polar surface area (TPSA) is 93.6 Å². The molecule has 0 spiro atoms. The second-order valence-corrected chi connectivity index (χ2v) is 6.39. The van der Waals surface area contributed by atoms with E-state index in [9.17, 15) is 17.6 Å². The van der Waals surface area contributed by atoms with Crippen LogP contribution in [-0.2, 0) is 16.6 Å². The monoisotopic (exact) mass is 326 g/mol. The largest absolute Gasteiger partial charge is 0.464 e. The second-order valence-electron chi connectivity index (χ2n) is 4.86. The van der Waals surface area contributed by atoms with Crippen LogP contribution in [0.15, 0.2) is 39.6 Å². The Labute approximate surface area is 127 Å². The van der Waals surface area contributed by atoms with Gasteiger partial charge in [0.05, 0.1) is 6.54 Å². The van der Waals surface area contributed by atoms with E-state index in [1.54, 1.807) is 19.1 Å². The molecular formula is C14H15FN2O4S. The van der Waals surface area contributed by atoms with Gasteiger partial charge in [0.2, 0.25) is 10.0 Å². The average Bonchev–Trinajstić information content (AvgIpc) is 2.82. The van der Waals surface area contributed by atoms with E-state index in [2.05, 4.69) is 0 Å². The normalized spacial score (nSPS) is 11.5. The van der Waals surface area contributed by atoms with Crippen LogP contribution in [0.4, 0.5) is 4.39 Å². The molecule has 0 saturated carbocycles. The predicted molar refractivity (Wildman–Crippen MR) is 77.0 cm³/mol. The highest BCUT2D eigenvalue weighted by Crippen LogP contribution is 2.17. The van der Waals surface area contributed by atoms with Crippen molar-refractivity contribution in [3.8, 4) is 0 Å². The fourth-order valence-corrected chi connectivity index (χ4v) is 2.58. The summed E-state index contributed by atoms with van der Waals surface area (Å²) in [6.07, 6.45) is 0. The van der Waals surface area contributed by atoms with E-state index in [4.69, 9.17) is 9.56 Å². The smallest absolute Gasteiger partial charge is 0.254 e. The Morgan fingerprint density at radius 2 is 2.00 bits per heavy atom. The van der Waals surface area contributed by atoms with Crippen molar-refractivity contribution >= 4 is 15.9 Å². The van der Waals surface area contributed by atoms with Crippen LogP contribution in [0.2, 0.25) is 0 Å². The van der Waals surface area contributed by atoms with E-state index >= 15 is 0 Å². The summed E-state index contributed by atoms with van der Waals surface area (Å²) < 4.78 is 41.4.